The van der Waals surface area contributed by atoms with Gasteiger partial charge in [-0.2, -0.15) is 0 Å². The van der Waals surface area contributed by atoms with E-state index in [2.05, 4.69) is 10.6 Å². The molecule has 116 valence electrons. The fourth-order valence-corrected chi connectivity index (χ4v) is 2.65. The van der Waals surface area contributed by atoms with Gasteiger partial charge in [0.25, 0.3) is 0 Å². The van der Waals surface area contributed by atoms with Crippen LogP contribution in [0.25, 0.3) is 0 Å². The second-order valence-electron chi connectivity index (χ2n) is 5.58. The van der Waals surface area contributed by atoms with E-state index in [4.69, 9.17) is 9.84 Å². The van der Waals surface area contributed by atoms with E-state index in [1.165, 1.54) is 0 Å². The van der Waals surface area contributed by atoms with Crippen LogP contribution in [0.3, 0.4) is 0 Å². The number of hydrogen-bond donors (Lipinski definition) is 3. The second-order valence-corrected chi connectivity index (χ2v) is 5.58. The molecule has 1 aliphatic rings. The minimum Gasteiger partial charge on any atom is -0.497 e. The van der Waals surface area contributed by atoms with Gasteiger partial charge in [0.05, 0.1) is 7.11 Å². The van der Waals surface area contributed by atoms with E-state index in [1.54, 1.807) is 7.11 Å². The molecule has 1 aromatic carbocycles. The molecule has 3 N–H and O–H groups in total. The molecule has 0 atom stereocenters. The maximum Gasteiger partial charge on any atom is 0.315 e. The van der Waals surface area contributed by atoms with Crippen molar-refractivity contribution >= 4 is 6.03 Å². The van der Waals surface area contributed by atoms with Crippen LogP contribution >= 0.6 is 0 Å². The molecule has 0 spiro atoms. The van der Waals surface area contributed by atoms with Gasteiger partial charge in [-0.3, -0.25) is 0 Å². The van der Waals surface area contributed by atoms with Gasteiger partial charge in [0.15, 0.2) is 0 Å². The normalized spacial score (nSPS) is 21.6. The Morgan fingerprint density at radius 2 is 1.90 bits per heavy atom. The topological polar surface area (TPSA) is 70.6 Å². The summed E-state index contributed by atoms with van der Waals surface area (Å²) in [5, 5.41) is 15.0. The maximum absolute atomic E-state index is 11.9. The molecular formula is C16H24N2O3. The van der Waals surface area contributed by atoms with E-state index in [-0.39, 0.29) is 18.7 Å². The average molecular weight is 292 g/mol. The summed E-state index contributed by atoms with van der Waals surface area (Å²) in [6, 6.07) is 7.73. The van der Waals surface area contributed by atoms with Crippen molar-refractivity contribution in [1.29, 1.82) is 0 Å². The number of urea groups is 1. The van der Waals surface area contributed by atoms with Crippen LogP contribution in [0, 0.1) is 5.92 Å². The molecule has 1 aliphatic carbocycles. The summed E-state index contributed by atoms with van der Waals surface area (Å²) < 4.78 is 5.10. The summed E-state index contributed by atoms with van der Waals surface area (Å²) in [6.07, 6.45) is 3.86. The minimum atomic E-state index is -0.127. The number of rotatable bonds is 5. The van der Waals surface area contributed by atoms with Crippen molar-refractivity contribution in [1.82, 2.24) is 10.6 Å². The van der Waals surface area contributed by atoms with Crippen molar-refractivity contribution in [2.75, 3.05) is 13.7 Å². The van der Waals surface area contributed by atoms with Crippen LogP contribution < -0.4 is 15.4 Å². The molecule has 0 aromatic heterocycles. The van der Waals surface area contributed by atoms with E-state index in [0.29, 0.717) is 12.5 Å². The fraction of sp³-hybridized carbons (Fsp3) is 0.562. The summed E-state index contributed by atoms with van der Waals surface area (Å²) in [6.45, 7) is 0.762. The van der Waals surface area contributed by atoms with Gasteiger partial charge in [-0.1, -0.05) is 12.1 Å². The highest BCUT2D eigenvalue weighted by Crippen LogP contribution is 2.23. The molecular weight excluding hydrogens is 268 g/mol. The Balaban J connectivity index is 1.69. The van der Waals surface area contributed by atoms with Crippen molar-refractivity contribution in [2.24, 2.45) is 5.92 Å². The molecule has 2 amide bonds. The van der Waals surface area contributed by atoms with E-state index in [1.807, 2.05) is 24.3 Å². The quantitative estimate of drug-likeness (QED) is 0.778. The van der Waals surface area contributed by atoms with Crippen LogP contribution in [-0.4, -0.2) is 30.9 Å². The number of hydrogen-bond acceptors (Lipinski definition) is 3. The Morgan fingerprint density at radius 3 is 2.48 bits per heavy atom. The SMILES string of the molecule is COc1ccc(CNC(=O)NC2CCC(CO)CC2)cc1. The van der Waals surface area contributed by atoms with E-state index >= 15 is 0 Å². The highest BCUT2D eigenvalue weighted by atomic mass is 16.5. The summed E-state index contributed by atoms with van der Waals surface area (Å²) in [7, 11) is 1.63. The van der Waals surface area contributed by atoms with Crippen LogP contribution in [0.2, 0.25) is 0 Å². The van der Waals surface area contributed by atoms with Crippen LogP contribution in [0.15, 0.2) is 24.3 Å². The minimum absolute atomic E-state index is 0.127. The van der Waals surface area contributed by atoms with E-state index < -0.39 is 0 Å². The number of carbonyl (C=O) groups excluding carboxylic acids is 1. The van der Waals surface area contributed by atoms with E-state index in [0.717, 1.165) is 37.0 Å². The molecule has 0 bridgehead atoms. The van der Waals surface area contributed by atoms with Crippen molar-refractivity contribution < 1.29 is 14.6 Å². The van der Waals surface area contributed by atoms with Gasteiger partial charge >= 0.3 is 6.03 Å². The van der Waals surface area contributed by atoms with Crippen molar-refractivity contribution in [3.05, 3.63) is 29.8 Å². The fourth-order valence-electron chi connectivity index (χ4n) is 2.65. The largest absolute Gasteiger partial charge is 0.497 e. The van der Waals surface area contributed by atoms with Gasteiger partial charge in [-0.25, -0.2) is 4.79 Å². The summed E-state index contributed by atoms with van der Waals surface area (Å²) >= 11 is 0. The van der Waals surface area contributed by atoms with Gasteiger partial charge in [-0.15, -0.1) is 0 Å². The average Bonchev–Trinajstić information content (AvgIpc) is 2.54. The number of nitrogens with one attached hydrogen (secondary N) is 2. The van der Waals surface area contributed by atoms with Crippen LogP contribution in [-0.2, 0) is 6.54 Å². The van der Waals surface area contributed by atoms with Crippen LogP contribution in [0.4, 0.5) is 4.79 Å². The second kappa shape index (κ2) is 7.88. The predicted molar refractivity (Wildman–Crippen MR) is 81.2 cm³/mol. The third kappa shape index (κ3) is 4.93. The molecule has 0 unspecified atom stereocenters. The third-order valence-electron chi connectivity index (χ3n) is 4.05. The first-order chi connectivity index (χ1) is 10.2. The number of carbonyl (C=O) groups is 1. The Bertz CT molecular complexity index is 439. The molecule has 1 aromatic rings. The monoisotopic (exact) mass is 292 g/mol. The number of methoxy groups -OCH3 is 1. The molecule has 2 rings (SSSR count). The lowest BCUT2D eigenvalue weighted by Gasteiger charge is -2.27. The first kappa shape index (κ1) is 15.6. The first-order valence-electron chi connectivity index (χ1n) is 7.49. The summed E-state index contributed by atoms with van der Waals surface area (Å²) in [5.41, 5.74) is 1.04. The molecule has 0 saturated heterocycles. The highest BCUT2D eigenvalue weighted by Gasteiger charge is 2.21. The summed E-state index contributed by atoms with van der Waals surface area (Å²) in [5.74, 6) is 1.22. The lowest BCUT2D eigenvalue weighted by molar-refractivity contribution is 0.174. The molecule has 5 heteroatoms. The molecule has 1 saturated carbocycles. The van der Waals surface area contributed by atoms with E-state index in [9.17, 15) is 4.79 Å². The standard InChI is InChI=1S/C16H24N2O3/c1-21-15-8-4-12(5-9-15)10-17-16(20)18-14-6-2-13(11-19)3-7-14/h4-5,8-9,13-14,19H,2-3,6-7,10-11H2,1H3,(H2,17,18,20). The van der Waals surface area contributed by atoms with Gasteiger partial charge in [0.1, 0.15) is 5.75 Å². The number of aliphatic hydroxyl groups is 1. The lowest BCUT2D eigenvalue weighted by Crippen LogP contribution is -2.43. The zero-order valence-corrected chi connectivity index (χ0v) is 12.5. The Morgan fingerprint density at radius 1 is 1.24 bits per heavy atom. The molecule has 0 radical (unpaired) electrons. The zero-order valence-electron chi connectivity index (χ0n) is 12.5. The molecule has 5 nitrogen and oxygen atoms in total. The summed E-state index contributed by atoms with van der Waals surface area (Å²) in [4.78, 5) is 11.9. The third-order valence-corrected chi connectivity index (χ3v) is 4.05. The lowest BCUT2D eigenvalue weighted by atomic mass is 9.87. The van der Waals surface area contributed by atoms with Crippen LogP contribution in [0.5, 0.6) is 5.75 Å². The molecule has 1 fully saturated rings. The Labute approximate surface area is 125 Å². The van der Waals surface area contributed by atoms with Crippen molar-refractivity contribution in [3.63, 3.8) is 0 Å². The Kier molecular flexibility index (Phi) is 5.87. The van der Waals surface area contributed by atoms with Gasteiger partial charge in [0, 0.05) is 19.2 Å². The number of amides is 2. The number of ether oxygens (including phenoxy) is 1. The smallest absolute Gasteiger partial charge is 0.315 e. The van der Waals surface area contributed by atoms with Crippen molar-refractivity contribution in [3.8, 4) is 5.75 Å². The highest BCUT2D eigenvalue weighted by molar-refractivity contribution is 5.74. The Hall–Kier alpha value is -1.75. The number of benzene rings is 1. The molecule has 0 aliphatic heterocycles. The van der Waals surface area contributed by atoms with Crippen molar-refractivity contribution in [2.45, 2.75) is 38.3 Å². The van der Waals surface area contributed by atoms with Crippen LogP contribution in [0.1, 0.15) is 31.2 Å². The number of aliphatic hydroxyl groups excluding tert-OH is 1. The zero-order chi connectivity index (χ0) is 15.1. The predicted octanol–water partition coefficient (Wildman–Crippen LogP) is 2.05. The van der Waals surface area contributed by atoms with Gasteiger partial charge < -0.3 is 20.5 Å². The van der Waals surface area contributed by atoms with Gasteiger partial charge in [-0.05, 0) is 49.3 Å². The first-order valence-corrected chi connectivity index (χ1v) is 7.49. The van der Waals surface area contributed by atoms with Gasteiger partial charge in [0.2, 0.25) is 0 Å². The molecule has 0 heterocycles. The maximum atomic E-state index is 11.9. The molecule has 21 heavy (non-hydrogen) atoms.